The van der Waals surface area contributed by atoms with Crippen LogP contribution in [-0.4, -0.2) is 5.78 Å². The number of ketones is 1. The van der Waals surface area contributed by atoms with Crippen molar-refractivity contribution in [3.05, 3.63) is 58.5 Å². The van der Waals surface area contributed by atoms with E-state index in [0.29, 0.717) is 6.42 Å². The molecule has 0 radical (unpaired) electrons. The molecule has 1 aliphatic rings. The third kappa shape index (κ3) is 1.53. The first-order valence-electron chi connectivity index (χ1n) is 6.90. The monoisotopic (exact) mass is 258 g/mol. The lowest BCUT2D eigenvalue weighted by atomic mass is 9.94. The largest absolute Gasteiger partial charge is 0.294 e. The van der Waals surface area contributed by atoms with Gasteiger partial charge in [-0.05, 0) is 56.6 Å². The van der Waals surface area contributed by atoms with Crippen LogP contribution in [0, 0.1) is 6.92 Å². The van der Waals surface area contributed by atoms with Gasteiger partial charge in [-0.1, -0.05) is 42.5 Å². The van der Waals surface area contributed by atoms with Gasteiger partial charge in [0, 0.05) is 6.42 Å². The average molecular weight is 258 g/mol. The van der Waals surface area contributed by atoms with Crippen LogP contribution in [0.5, 0.6) is 0 Å². The van der Waals surface area contributed by atoms with E-state index in [-0.39, 0.29) is 5.78 Å². The summed E-state index contributed by atoms with van der Waals surface area (Å²) in [6.45, 7) is 2.11. The molecular weight excluding hydrogens is 244 g/mol. The molecule has 1 nitrogen and oxygen atoms in total. The van der Waals surface area contributed by atoms with Crippen molar-refractivity contribution in [3.8, 4) is 0 Å². The van der Waals surface area contributed by atoms with Crippen LogP contribution in [-0.2, 0) is 4.79 Å². The van der Waals surface area contributed by atoms with Crippen LogP contribution in [0.1, 0.15) is 12.0 Å². The van der Waals surface area contributed by atoms with Crippen molar-refractivity contribution in [3.63, 3.8) is 0 Å². The molecule has 0 aromatic heterocycles. The maximum Gasteiger partial charge on any atom is 0.160 e. The maximum atomic E-state index is 11.6. The van der Waals surface area contributed by atoms with Gasteiger partial charge in [-0.25, -0.2) is 0 Å². The summed E-state index contributed by atoms with van der Waals surface area (Å²) < 4.78 is 0. The van der Waals surface area contributed by atoms with Crippen LogP contribution in [0.2, 0.25) is 0 Å². The minimum absolute atomic E-state index is 0.195. The smallest absolute Gasteiger partial charge is 0.160 e. The summed E-state index contributed by atoms with van der Waals surface area (Å²) in [5.41, 5.74) is 1.20. The molecule has 0 heterocycles. The van der Waals surface area contributed by atoms with Gasteiger partial charge in [0.1, 0.15) is 0 Å². The molecule has 0 bridgehead atoms. The summed E-state index contributed by atoms with van der Waals surface area (Å²) in [5.74, 6) is 0.195. The number of fused-ring (bicyclic) bond motifs is 4. The van der Waals surface area contributed by atoms with Crippen LogP contribution in [0.3, 0.4) is 0 Å². The highest BCUT2D eigenvalue weighted by Gasteiger charge is 2.08. The van der Waals surface area contributed by atoms with Gasteiger partial charge in [0.05, 0.1) is 0 Å². The van der Waals surface area contributed by atoms with Crippen molar-refractivity contribution >= 4 is 39.5 Å². The van der Waals surface area contributed by atoms with E-state index in [0.717, 1.165) is 5.22 Å². The molecule has 0 spiro atoms. The predicted octanol–water partition coefficient (Wildman–Crippen LogP) is 2.84. The quantitative estimate of drug-likeness (QED) is 0.567. The van der Waals surface area contributed by atoms with Crippen molar-refractivity contribution in [2.45, 2.75) is 13.3 Å². The third-order valence-electron chi connectivity index (χ3n) is 4.22. The zero-order valence-corrected chi connectivity index (χ0v) is 11.3. The van der Waals surface area contributed by atoms with Crippen LogP contribution >= 0.6 is 0 Å². The average Bonchev–Trinajstić information content (AvgIpc) is 2.48. The van der Waals surface area contributed by atoms with Gasteiger partial charge in [-0.3, -0.25) is 4.79 Å². The molecule has 0 amide bonds. The number of hydrogen-bond acceptors (Lipinski definition) is 1. The van der Waals surface area contributed by atoms with Gasteiger partial charge in [0.25, 0.3) is 0 Å². The Labute approximate surface area is 116 Å². The summed E-state index contributed by atoms with van der Waals surface area (Å²) in [6, 6.07) is 15.0. The van der Waals surface area contributed by atoms with Gasteiger partial charge in [-0.15, -0.1) is 0 Å². The van der Waals surface area contributed by atoms with E-state index in [1.54, 1.807) is 6.08 Å². The molecule has 0 aliphatic heterocycles. The second kappa shape index (κ2) is 4.04. The summed E-state index contributed by atoms with van der Waals surface area (Å²) in [4.78, 5) is 11.6. The standard InChI is InChI=1S/C19H14O/c1-12-16-9-7-13-4-2-3-5-17(13)19(16)10-14-6-8-15(20)11-18(12)14/h2-7,9-11H,8H2,1H3. The first kappa shape index (κ1) is 11.4. The van der Waals surface area contributed by atoms with Gasteiger partial charge >= 0.3 is 0 Å². The van der Waals surface area contributed by atoms with Crippen molar-refractivity contribution in [1.82, 2.24) is 0 Å². The van der Waals surface area contributed by atoms with Crippen LogP contribution in [0.25, 0.3) is 33.7 Å². The second-order valence-corrected chi connectivity index (χ2v) is 5.41. The molecule has 96 valence electrons. The number of benzene rings is 3. The Morgan fingerprint density at radius 1 is 0.950 bits per heavy atom. The molecule has 1 aliphatic carbocycles. The van der Waals surface area contributed by atoms with E-state index < -0.39 is 0 Å². The maximum absolute atomic E-state index is 11.6. The summed E-state index contributed by atoms with van der Waals surface area (Å²) in [7, 11) is 0. The van der Waals surface area contributed by atoms with Crippen molar-refractivity contribution in [2.75, 3.05) is 0 Å². The fraction of sp³-hybridized carbons (Fsp3) is 0.105. The number of rotatable bonds is 0. The minimum atomic E-state index is 0.195. The van der Waals surface area contributed by atoms with Gasteiger partial charge in [-0.2, -0.15) is 0 Å². The zero-order valence-electron chi connectivity index (χ0n) is 11.3. The number of aryl methyl sites for hydroxylation is 1. The van der Waals surface area contributed by atoms with Gasteiger partial charge in [0.2, 0.25) is 0 Å². The lowest BCUT2D eigenvalue weighted by molar-refractivity contribution is -0.112. The molecule has 4 rings (SSSR count). The molecule has 0 fully saturated rings. The Kier molecular flexibility index (Phi) is 2.31. The minimum Gasteiger partial charge on any atom is -0.294 e. The Morgan fingerprint density at radius 2 is 1.80 bits per heavy atom. The van der Waals surface area contributed by atoms with Crippen LogP contribution in [0.15, 0.2) is 42.5 Å². The molecule has 0 atom stereocenters. The van der Waals surface area contributed by atoms with Crippen LogP contribution < -0.4 is 10.4 Å². The highest BCUT2D eigenvalue weighted by Crippen LogP contribution is 2.25. The third-order valence-corrected chi connectivity index (χ3v) is 4.22. The lowest BCUT2D eigenvalue weighted by Crippen LogP contribution is -2.31. The Bertz CT molecular complexity index is 994. The Morgan fingerprint density at radius 3 is 2.70 bits per heavy atom. The van der Waals surface area contributed by atoms with Gasteiger partial charge in [0.15, 0.2) is 5.78 Å². The molecule has 20 heavy (non-hydrogen) atoms. The normalized spacial score (nSPS) is 13.9. The number of hydrogen-bond donors (Lipinski definition) is 0. The summed E-state index contributed by atoms with van der Waals surface area (Å²) in [6.07, 6.45) is 4.36. The first-order valence-corrected chi connectivity index (χ1v) is 6.90. The van der Waals surface area contributed by atoms with Crippen molar-refractivity contribution in [1.29, 1.82) is 0 Å². The highest BCUT2D eigenvalue weighted by molar-refractivity contribution is 6.12. The van der Waals surface area contributed by atoms with E-state index in [1.807, 2.05) is 6.08 Å². The number of Topliss-reactive ketones (excluding diaryl/α,β-unsaturated/α-hetero) is 1. The topological polar surface area (TPSA) is 17.1 Å². The van der Waals surface area contributed by atoms with E-state index in [4.69, 9.17) is 0 Å². The van der Waals surface area contributed by atoms with E-state index in [9.17, 15) is 4.79 Å². The predicted molar refractivity (Wildman–Crippen MR) is 84.0 cm³/mol. The lowest BCUT2D eigenvalue weighted by Gasteiger charge is -2.10. The Balaban J connectivity index is 2.29. The first-order chi connectivity index (χ1) is 9.74. The SMILES string of the molecule is Cc1c2c(cc3c1ccc1ccccc13)=CCC(=O)C=2. The zero-order chi connectivity index (χ0) is 13.7. The highest BCUT2D eigenvalue weighted by atomic mass is 16.1. The molecule has 3 aromatic carbocycles. The molecule has 0 saturated carbocycles. The Hall–Kier alpha value is -2.41. The second-order valence-electron chi connectivity index (χ2n) is 5.41. The molecular formula is C19H14O. The molecule has 1 heteroatoms. The molecule has 0 saturated heterocycles. The number of carbonyl (C=O) groups is 1. The summed E-state index contributed by atoms with van der Waals surface area (Å²) >= 11 is 0. The van der Waals surface area contributed by atoms with E-state index in [2.05, 4.69) is 49.4 Å². The summed E-state index contributed by atoms with van der Waals surface area (Å²) in [5, 5.41) is 7.33. The molecule has 3 aromatic rings. The van der Waals surface area contributed by atoms with E-state index >= 15 is 0 Å². The van der Waals surface area contributed by atoms with Crippen molar-refractivity contribution < 1.29 is 4.79 Å². The molecule has 0 N–H and O–H groups in total. The fourth-order valence-electron chi connectivity index (χ4n) is 3.16. The van der Waals surface area contributed by atoms with E-state index in [1.165, 1.54) is 32.3 Å². The van der Waals surface area contributed by atoms with Crippen LogP contribution in [0.4, 0.5) is 0 Å². The number of carbonyl (C=O) groups excluding carboxylic acids is 1. The molecule has 0 unspecified atom stereocenters. The fourth-order valence-corrected chi connectivity index (χ4v) is 3.16. The van der Waals surface area contributed by atoms with Gasteiger partial charge < -0.3 is 0 Å². The van der Waals surface area contributed by atoms with Crippen molar-refractivity contribution in [2.24, 2.45) is 0 Å².